The molecule has 6 heteroatoms. The molecule has 0 spiro atoms. The zero-order valence-electron chi connectivity index (χ0n) is 8.84. The quantitative estimate of drug-likeness (QED) is 0.746. The van der Waals surface area contributed by atoms with Crippen LogP contribution >= 0.6 is 0 Å². The summed E-state index contributed by atoms with van der Waals surface area (Å²) in [5, 5.41) is 17.5. The highest BCUT2D eigenvalue weighted by atomic mass is 16.4. The zero-order chi connectivity index (χ0) is 13.4. The fraction of sp³-hybridized carbons (Fsp3) is 0. The van der Waals surface area contributed by atoms with Crippen molar-refractivity contribution < 1.29 is 29.4 Å². The van der Waals surface area contributed by atoms with E-state index in [1.165, 1.54) is 0 Å². The van der Waals surface area contributed by atoms with Crippen molar-refractivity contribution in [1.29, 1.82) is 0 Å². The van der Waals surface area contributed by atoms with Crippen LogP contribution in [0.3, 0.4) is 0 Å². The summed E-state index contributed by atoms with van der Waals surface area (Å²) in [6.45, 7) is 0. The summed E-state index contributed by atoms with van der Waals surface area (Å²) in [7, 11) is 0. The Bertz CT molecular complexity index is 638. The Hall–Kier alpha value is -2.76. The number of benzene rings is 1. The molecule has 0 saturated carbocycles. The number of hydrogen-bond acceptors (Lipinski definition) is 4. The van der Waals surface area contributed by atoms with Crippen LogP contribution in [0.25, 0.3) is 0 Å². The van der Waals surface area contributed by atoms with Gasteiger partial charge in [-0.05, 0) is 18.2 Å². The summed E-state index contributed by atoms with van der Waals surface area (Å²) in [4.78, 5) is 44.9. The van der Waals surface area contributed by atoms with Crippen LogP contribution in [0.5, 0.6) is 0 Å². The van der Waals surface area contributed by atoms with E-state index in [1.54, 1.807) is 0 Å². The number of aliphatic carboxylic acids is 1. The first-order chi connectivity index (χ1) is 8.41. The first kappa shape index (κ1) is 11.7. The van der Waals surface area contributed by atoms with Crippen molar-refractivity contribution in [1.82, 2.24) is 0 Å². The third kappa shape index (κ3) is 1.69. The van der Waals surface area contributed by atoms with Gasteiger partial charge in [0.15, 0.2) is 5.78 Å². The lowest BCUT2D eigenvalue weighted by molar-refractivity contribution is -0.132. The van der Waals surface area contributed by atoms with E-state index in [9.17, 15) is 19.2 Å². The van der Waals surface area contributed by atoms with Crippen LogP contribution < -0.4 is 0 Å². The number of fused-ring (bicyclic) bond motifs is 1. The van der Waals surface area contributed by atoms with Crippen molar-refractivity contribution in [2.75, 3.05) is 0 Å². The first-order valence-electron chi connectivity index (χ1n) is 4.83. The minimum absolute atomic E-state index is 0.0927. The highest BCUT2D eigenvalue weighted by Crippen LogP contribution is 2.22. The highest BCUT2D eigenvalue weighted by molar-refractivity contribution is 6.33. The Morgan fingerprint density at radius 3 is 2.17 bits per heavy atom. The molecule has 0 amide bonds. The molecule has 2 rings (SSSR count). The third-order valence-electron chi connectivity index (χ3n) is 2.53. The van der Waals surface area contributed by atoms with Gasteiger partial charge in [0, 0.05) is 17.2 Å². The van der Waals surface area contributed by atoms with E-state index in [0.717, 1.165) is 18.2 Å². The number of carbonyl (C=O) groups excluding carboxylic acids is 2. The second-order valence-electron chi connectivity index (χ2n) is 3.62. The monoisotopic (exact) mass is 246 g/mol. The molecule has 0 aliphatic heterocycles. The predicted octanol–water partition coefficient (Wildman–Crippen LogP) is 0.775. The van der Waals surface area contributed by atoms with Gasteiger partial charge in [-0.3, -0.25) is 9.59 Å². The summed E-state index contributed by atoms with van der Waals surface area (Å²) in [5.41, 5.74) is -0.938. The maximum Gasteiger partial charge on any atom is 0.339 e. The number of rotatable bonds is 2. The molecule has 1 aliphatic rings. The zero-order valence-corrected chi connectivity index (χ0v) is 8.84. The first-order valence-corrected chi connectivity index (χ1v) is 4.83. The molecule has 18 heavy (non-hydrogen) atoms. The van der Waals surface area contributed by atoms with Gasteiger partial charge in [0.2, 0.25) is 5.78 Å². The van der Waals surface area contributed by atoms with Crippen LogP contribution in [-0.2, 0) is 4.79 Å². The van der Waals surface area contributed by atoms with Gasteiger partial charge in [0.05, 0.1) is 5.56 Å². The Morgan fingerprint density at radius 2 is 1.61 bits per heavy atom. The molecule has 0 fully saturated rings. The van der Waals surface area contributed by atoms with Gasteiger partial charge in [-0.15, -0.1) is 0 Å². The number of ketones is 2. The Balaban J connectivity index is 2.62. The van der Waals surface area contributed by atoms with Gasteiger partial charge in [0.1, 0.15) is 5.57 Å². The molecule has 2 N–H and O–H groups in total. The fourth-order valence-electron chi connectivity index (χ4n) is 1.66. The lowest BCUT2D eigenvalue weighted by Crippen LogP contribution is -2.22. The fourth-order valence-corrected chi connectivity index (χ4v) is 1.66. The largest absolute Gasteiger partial charge is 0.478 e. The Labute approximate surface area is 100 Å². The summed E-state index contributed by atoms with van der Waals surface area (Å²) in [5.74, 6) is -4.20. The summed E-state index contributed by atoms with van der Waals surface area (Å²) < 4.78 is 0. The number of Topliss-reactive ketones (excluding diaryl/α,β-unsaturated/α-hetero) is 1. The average Bonchev–Trinajstić information content (AvgIpc) is 2.32. The van der Waals surface area contributed by atoms with Gasteiger partial charge in [-0.2, -0.15) is 0 Å². The molecule has 0 bridgehead atoms. The van der Waals surface area contributed by atoms with E-state index < -0.39 is 29.1 Å². The summed E-state index contributed by atoms with van der Waals surface area (Å²) in [6.07, 6.45) is 0.707. The molecule has 0 atom stereocenters. The predicted molar refractivity (Wildman–Crippen MR) is 57.8 cm³/mol. The van der Waals surface area contributed by atoms with Crippen LogP contribution in [0, 0.1) is 0 Å². The maximum absolute atomic E-state index is 11.7. The van der Waals surface area contributed by atoms with E-state index in [1.807, 2.05) is 0 Å². The van der Waals surface area contributed by atoms with Crippen LogP contribution in [0.1, 0.15) is 31.1 Å². The van der Waals surface area contributed by atoms with Crippen molar-refractivity contribution >= 4 is 23.5 Å². The van der Waals surface area contributed by atoms with E-state index >= 15 is 0 Å². The molecule has 90 valence electrons. The molecule has 0 heterocycles. The van der Waals surface area contributed by atoms with E-state index in [2.05, 4.69) is 0 Å². The van der Waals surface area contributed by atoms with Crippen LogP contribution in [-0.4, -0.2) is 33.7 Å². The minimum Gasteiger partial charge on any atom is -0.478 e. The maximum atomic E-state index is 11.7. The number of carboxylic acids is 2. The average molecular weight is 246 g/mol. The van der Waals surface area contributed by atoms with Crippen LogP contribution in [0.15, 0.2) is 29.8 Å². The molecule has 6 nitrogen and oxygen atoms in total. The van der Waals surface area contributed by atoms with E-state index in [4.69, 9.17) is 10.2 Å². The SMILES string of the molecule is O=C(O)C1=CC(=O)c2cc(C(=O)O)ccc2C1=O. The molecule has 1 aromatic carbocycles. The van der Waals surface area contributed by atoms with Crippen molar-refractivity contribution in [3.63, 3.8) is 0 Å². The number of carboxylic acid groups (broad SMARTS) is 2. The van der Waals surface area contributed by atoms with E-state index in [-0.39, 0.29) is 16.7 Å². The number of aromatic carboxylic acids is 1. The smallest absolute Gasteiger partial charge is 0.339 e. The second kappa shape index (κ2) is 3.92. The van der Waals surface area contributed by atoms with Crippen molar-refractivity contribution in [2.24, 2.45) is 0 Å². The summed E-state index contributed by atoms with van der Waals surface area (Å²) >= 11 is 0. The Kier molecular flexibility index (Phi) is 2.55. The van der Waals surface area contributed by atoms with Gasteiger partial charge < -0.3 is 10.2 Å². The van der Waals surface area contributed by atoms with Crippen molar-refractivity contribution in [3.8, 4) is 0 Å². The van der Waals surface area contributed by atoms with Gasteiger partial charge in [-0.1, -0.05) is 0 Å². The van der Waals surface area contributed by atoms with Crippen LogP contribution in [0.4, 0.5) is 0 Å². The molecule has 1 aliphatic carbocycles. The van der Waals surface area contributed by atoms with Crippen molar-refractivity contribution in [2.45, 2.75) is 0 Å². The number of allylic oxidation sites excluding steroid dienone is 1. The third-order valence-corrected chi connectivity index (χ3v) is 2.53. The molecule has 0 radical (unpaired) electrons. The Morgan fingerprint density at radius 1 is 0.944 bits per heavy atom. The molecule has 0 unspecified atom stereocenters. The van der Waals surface area contributed by atoms with E-state index in [0.29, 0.717) is 6.08 Å². The summed E-state index contributed by atoms with van der Waals surface area (Å²) in [6, 6.07) is 3.36. The normalized spacial score (nSPS) is 13.9. The van der Waals surface area contributed by atoms with Gasteiger partial charge >= 0.3 is 11.9 Å². The van der Waals surface area contributed by atoms with Gasteiger partial charge in [0.25, 0.3) is 0 Å². The number of hydrogen-bond donors (Lipinski definition) is 2. The molecular weight excluding hydrogens is 240 g/mol. The molecule has 0 aromatic heterocycles. The standard InChI is InChI=1S/C12H6O6/c13-9-4-8(12(17)18)10(14)6-2-1-5(11(15)16)3-7(6)9/h1-4H,(H,15,16)(H,17,18). The van der Waals surface area contributed by atoms with Crippen molar-refractivity contribution in [3.05, 3.63) is 46.5 Å². The number of carbonyl (C=O) groups is 4. The molecule has 0 saturated heterocycles. The second-order valence-corrected chi connectivity index (χ2v) is 3.62. The molecule has 1 aromatic rings. The topological polar surface area (TPSA) is 109 Å². The van der Waals surface area contributed by atoms with Crippen LogP contribution in [0.2, 0.25) is 0 Å². The lowest BCUT2D eigenvalue weighted by atomic mass is 9.88. The minimum atomic E-state index is -1.48. The van der Waals surface area contributed by atoms with Gasteiger partial charge in [-0.25, -0.2) is 9.59 Å². The molecular formula is C12H6O6. The highest BCUT2D eigenvalue weighted by Gasteiger charge is 2.29. The lowest BCUT2D eigenvalue weighted by Gasteiger charge is -2.12.